The maximum absolute atomic E-state index is 15.4. The summed E-state index contributed by atoms with van der Waals surface area (Å²) >= 11 is 0. The SMILES string of the molecule is CNC(=O)C1CN(c2cc(-n3ncc4cc(C)c([C@H]5CCN(C6COC6)C[C@H]5F)cc43)ncn2)CCO1. The van der Waals surface area contributed by atoms with E-state index >= 15 is 4.39 Å². The highest BCUT2D eigenvalue weighted by molar-refractivity contribution is 5.82. The summed E-state index contributed by atoms with van der Waals surface area (Å²) in [4.78, 5) is 25.3. The quantitative estimate of drug-likeness (QED) is 0.554. The second kappa shape index (κ2) is 9.96. The molecule has 0 saturated carbocycles. The summed E-state index contributed by atoms with van der Waals surface area (Å²) in [5, 5.41) is 8.23. The Morgan fingerprint density at radius 1 is 1.14 bits per heavy atom. The summed E-state index contributed by atoms with van der Waals surface area (Å²) in [6.45, 7) is 6.25. The van der Waals surface area contributed by atoms with E-state index in [1.54, 1.807) is 11.7 Å². The summed E-state index contributed by atoms with van der Waals surface area (Å²) in [6, 6.07) is 6.39. The van der Waals surface area contributed by atoms with Gasteiger partial charge >= 0.3 is 0 Å². The minimum atomic E-state index is -0.929. The fraction of sp³-hybridized carbons (Fsp3) is 0.538. The molecular weight excluding hydrogens is 477 g/mol. The molecule has 2 aromatic heterocycles. The molecular formula is C26H32FN7O3. The van der Waals surface area contributed by atoms with Crippen molar-refractivity contribution >= 4 is 22.6 Å². The van der Waals surface area contributed by atoms with E-state index in [0.29, 0.717) is 57.1 Å². The van der Waals surface area contributed by atoms with Gasteiger partial charge in [-0.25, -0.2) is 19.0 Å². The van der Waals surface area contributed by atoms with E-state index in [1.807, 2.05) is 17.2 Å². The van der Waals surface area contributed by atoms with Crippen molar-refractivity contribution in [2.75, 3.05) is 57.9 Å². The highest BCUT2D eigenvalue weighted by Gasteiger charge is 2.36. The number of halogens is 1. The standard InChI is InChI=1S/C26H32FN7O3/c1-16-7-17-10-31-34(22(17)8-20(16)19-3-4-32(11-21(19)27)18-13-36-14-18)25-9-24(29-15-30-25)33-5-6-37-23(12-33)26(35)28-2/h7-10,15,18-19,21,23H,3-6,11-14H2,1-2H3,(H,28,35)/t19-,21-,23?/m1/s1. The van der Waals surface area contributed by atoms with Gasteiger partial charge in [0, 0.05) is 37.5 Å². The van der Waals surface area contributed by atoms with Crippen molar-refractivity contribution in [2.24, 2.45) is 0 Å². The molecule has 37 heavy (non-hydrogen) atoms. The predicted molar refractivity (Wildman–Crippen MR) is 136 cm³/mol. The summed E-state index contributed by atoms with van der Waals surface area (Å²) in [5.74, 6) is 1.02. The summed E-state index contributed by atoms with van der Waals surface area (Å²) < 4.78 is 28.1. The van der Waals surface area contributed by atoms with Gasteiger partial charge in [-0.2, -0.15) is 5.10 Å². The van der Waals surface area contributed by atoms with Crippen molar-refractivity contribution in [2.45, 2.75) is 37.6 Å². The number of likely N-dealkylation sites (N-methyl/N-ethyl adjacent to an activating group) is 1. The smallest absolute Gasteiger partial charge is 0.250 e. The average molecular weight is 510 g/mol. The Morgan fingerprint density at radius 2 is 1.97 bits per heavy atom. The third-order valence-electron chi connectivity index (χ3n) is 7.85. The molecule has 0 spiro atoms. The molecule has 5 heterocycles. The Morgan fingerprint density at radius 3 is 2.73 bits per heavy atom. The number of carbonyl (C=O) groups is 1. The molecule has 3 aliphatic heterocycles. The molecule has 3 saturated heterocycles. The molecule has 196 valence electrons. The number of nitrogens with one attached hydrogen (secondary N) is 1. The van der Waals surface area contributed by atoms with Crippen LogP contribution in [0.3, 0.4) is 0 Å². The summed E-state index contributed by atoms with van der Waals surface area (Å²) in [5.41, 5.74) is 3.00. The minimum absolute atomic E-state index is 0.152. The van der Waals surface area contributed by atoms with Crippen LogP contribution in [0.2, 0.25) is 0 Å². The second-order valence-corrected chi connectivity index (χ2v) is 10.1. The second-order valence-electron chi connectivity index (χ2n) is 10.1. The van der Waals surface area contributed by atoms with Crippen LogP contribution in [0, 0.1) is 6.92 Å². The van der Waals surface area contributed by atoms with Gasteiger partial charge in [-0.15, -0.1) is 0 Å². The van der Waals surface area contributed by atoms with Crippen LogP contribution in [-0.2, 0) is 14.3 Å². The third-order valence-corrected chi connectivity index (χ3v) is 7.85. The molecule has 0 bridgehead atoms. The maximum atomic E-state index is 15.4. The molecule has 1 N–H and O–H groups in total. The Balaban J connectivity index is 1.28. The lowest BCUT2D eigenvalue weighted by Crippen LogP contribution is -2.54. The number of amides is 1. The highest BCUT2D eigenvalue weighted by Crippen LogP contribution is 2.36. The van der Waals surface area contributed by atoms with E-state index in [1.165, 1.54) is 6.33 Å². The zero-order chi connectivity index (χ0) is 25.5. The summed E-state index contributed by atoms with van der Waals surface area (Å²) in [7, 11) is 1.60. The van der Waals surface area contributed by atoms with Crippen LogP contribution in [0.25, 0.3) is 16.7 Å². The van der Waals surface area contributed by atoms with Crippen molar-refractivity contribution < 1.29 is 18.7 Å². The van der Waals surface area contributed by atoms with Crippen LogP contribution in [-0.4, -0.2) is 102 Å². The fourth-order valence-electron chi connectivity index (χ4n) is 5.63. The first-order valence-corrected chi connectivity index (χ1v) is 12.9. The highest BCUT2D eigenvalue weighted by atomic mass is 19.1. The molecule has 3 aromatic rings. The average Bonchev–Trinajstić information content (AvgIpc) is 3.30. The summed E-state index contributed by atoms with van der Waals surface area (Å²) in [6.07, 6.45) is 2.62. The van der Waals surface area contributed by atoms with Gasteiger partial charge in [0.1, 0.15) is 18.3 Å². The lowest BCUT2D eigenvalue weighted by molar-refractivity contribution is -0.132. The molecule has 11 heteroatoms. The van der Waals surface area contributed by atoms with Crippen LogP contribution >= 0.6 is 0 Å². The van der Waals surface area contributed by atoms with Crippen LogP contribution < -0.4 is 10.2 Å². The number of nitrogens with zero attached hydrogens (tertiary/aromatic N) is 6. The van der Waals surface area contributed by atoms with Gasteiger partial charge in [-0.3, -0.25) is 9.69 Å². The number of anilines is 1. The zero-order valence-corrected chi connectivity index (χ0v) is 21.1. The van der Waals surface area contributed by atoms with Gasteiger partial charge in [0.15, 0.2) is 11.9 Å². The van der Waals surface area contributed by atoms with Crippen LogP contribution in [0.15, 0.2) is 30.7 Å². The number of ether oxygens (including phenoxy) is 2. The van der Waals surface area contributed by atoms with Crippen molar-refractivity contribution in [3.8, 4) is 5.82 Å². The van der Waals surface area contributed by atoms with Crippen molar-refractivity contribution in [3.63, 3.8) is 0 Å². The monoisotopic (exact) mass is 509 g/mol. The number of fused-ring (bicyclic) bond motifs is 1. The van der Waals surface area contributed by atoms with Gasteiger partial charge in [0.2, 0.25) is 0 Å². The fourth-order valence-corrected chi connectivity index (χ4v) is 5.63. The van der Waals surface area contributed by atoms with Gasteiger partial charge in [0.25, 0.3) is 5.91 Å². The number of aromatic nitrogens is 4. The molecule has 3 aliphatic rings. The number of hydrogen-bond donors (Lipinski definition) is 1. The normalized spacial score (nSPS) is 25.3. The van der Waals surface area contributed by atoms with E-state index in [9.17, 15) is 4.79 Å². The van der Waals surface area contributed by atoms with Gasteiger partial charge in [-0.1, -0.05) is 0 Å². The van der Waals surface area contributed by atoms with E-state index in [0.717, 1.165) is 35.0 Å². The molecule has 0 aliphatic carbocycles. The third kappa shape index (κ3) is 4.55. The number of rotatable bonds is 5. The van der Waals surface area contributed by atoms with E-state index < -0.39 is 12.3 Å². The van der Waals surface area contributed by atoms with Crippen molar-refractivity contribution in [3.05, 3.63) is 41.9 Å². The van der Waals surface area contributed by atoms with Gasteiger partial charge in [-0.05, 0) is 43.1 Å². The Kier molecular flexibility index (Phi) is 6.51. The Bertz CT molecular complexity index is 1300. The topological polar surface area (TPSA) is 97.6 Å². The first-order chi connectivity index (χ1) is 18.0. The first kappa shape index (κ1) is 24.2. The molecule has 3 atom stereocenters. The van der Waals surface area contributed by atoms with Crippen molar-refractivity contribution in [1.29, 1.82) is 0 Å². The van der Waals surface area contributed by atoms with Crippen LogP contribution in [0.4, 0.5) is 10.2 Å². The van der Waals surface area contributed by atoms with Crippen molar-refractivity contribution in [1.82, 2.24) is 30.0 Å². The van der Waals surface area contributed by atoms with E-state index in [2.05, 4.69) is 44.3 Å². The minimum Gasteiger partial charge on any atom is -0.378 e. The number of alkyl halides is 1. The van der Waals surface area contributed by atoms with Gasteiger partial charge in [0.05, 0.1) is 44.1 Å². The lowest BCUT2D eigenvalue weighted by atomic mass is 9.84. The number of carbonyl (C=O) groups excluding carboxylic acids is 1. The number of likely N-dealkylation sites (tertiary alicyclic amines) is 1. The molecule has 0 radical (unpaired) electrons. The molecule has 3 fully saturated rings. The Hall–Kier alpha value is -3.15. The molecule has 1 aromatic carbocycles. The Labute approximate surface area is 214 Å². The number of aryl methyl sites for hydroxylation is 1. The first-order valence-electron chi connectivity index (χ1n) is 12.9. The number of benzene rings is 1. The zero-order valence-electron chi connectivity index (χ0n) is 21.1. The lowest BCUT2D eigenvalue weighted by Gasteiger charge is -2.43. The molecule has 1 amide bonds. The number of morpholine rings is 1. The van der Waals surface area contributed by atoms with E-state index in [4.69, 9.17) is 9.47 Å². The molecule has 10 nitrogen and oxygen atoms in total. The number of piperidine rings is 1. The largest absolute Gasteiger partial charge is 0.378 e. The molecule has 6 rings (SSSR count). The van der Waals surface area contributed by atoms with E-state index in [-0.39, 0.29) is 11.8 Å². The van der Waals surface area contributed by atoms with Crippen LogP contribution in [0.1, 0.15) is 23.5 Å². The van der Waals surface area contributed by atoms with Crippen LogP contribution in [0.5, 0.6) is 0 Å². The number of hydrogen-bond acceptors (Lipinski definition) is 8. The maximum Gasteiger partial charge on any atom is 0.250 e. The predicted octanol–water partition coefficient (Wildman–Crippen LogP) is 1.60. The molecule has 1 unspecified atom stereocenters. The van der Waals surface area contributed by atoms with Gasteiger partial charge < -0.3 is 19.7 Å².